The Morgan fingerprint density at radius 2 is 2.43 bits per heavy atom. The SMILES string of the molecule is CC(CI)C(=O)Cl. The van der Waals surface area contributed by atoms with Gasteiger partial charge in [0, 0.05) is 10.3 Å². The van der Waals surface area contributed by atoms with Gasteiger partial charge in [0.1, 0.15) is 0 Å². The van der Waals surface area contributed by atoms with Crippen molar-refractivity contribution >= 4 is 39.4 Å². The van der Waals surface area contributed by atoms with E-state index >= 15 is 0 Å². The Labute approximate surface area is 61.6 Å². The average molecular weight is 232 g/mol. The number of hydrogen-bond donors (Lipinski definition) is 0. The lowest BCUT2D eigenvalue weighted by atomic mass is 10.3. The first-order valence-corrected chi connectivity index (χ1v) is 3.84. The summed E-state index contributed by atoms with van der Waals surface area (Å²) in [5, 5.41) is -0.241. The van der Waals surface area contributed by atoms with Crippen LogP contribution < -0.4 is 0 Å². The van der Waals surface area contributed by atoms with Crippen molar-refractivity contribution in [3.8, 4) is 0 Å². The zero-order chi connectivity index (χ0) is 5.86. The summed E-state index contributed by atoms with van der Waals surface area (Å²) < 4.78 is 0.806. The second-order valence-corrected chi connectivity index (χ2v) is 2.61. The van der Waals surface area contributed by atoms with E-state index in [2.05, 4.69) is 22.6 Å². The van der Waals surface area contributed by atoms with Crippen LogP contribution in [0.25, 0.3) is 0 Å². The molecule has 0 saturated carbocycles. The Kier molecular flexibility index (Phi) is 4.02. The lowest BCUT2D eigenvalue weighted by molar-refractivity contribution is -0.114. The second kappa shape index (κ2) is 3.66. The molecule has 0 aliphatic rings. The molecule has 0 aromatic carbocycles. The van der Waals surface area contributed by atoms with Crippen LogP contribution in [-0.4, -0.2) is 9.67 Å². The predicted molar refractivity (Wildman–Crippen MR) is 38.9 cm³/mol. The molecule has 0 aromatic heterocycles. The van der Waals surface area contributed by atoms with Crippen molar-refractivity contribution in [1.82, 2.24) is 0 Å². The number of rotatable bonds is 2. The van der Waals surface area contributed by atoms with E-state index < -0.39 is 0 Å². The van der Waals surface area contributed by atoms with E-state index in [-0.39, 0.29) is 11.2 Å². The van der Waals surface area contributed by atoms with Crippen molar-refractivity contribution in [2.45, 2.75) is 6.92 Å². The molecule has 0 fully saturated rings. The maximum absolute atomic E-state index is 10.1. The Morgan fingerprint density at radius 1 is 2.00 bits per heavy atom. The molecule has 0 aromatic rings. The molecule has 1 nitrogen and oxygen atoms in total. The van der Waals surface area contributed by atoms with Gasteiger partial charge in [-0.1, -0.05) is 29.5 Å². The van der Waals surface area contributed by atoms with Crippen LogP contribution in [0.4, 0.5) is 0 Å². The largest absolute Gasteiger partial charge is 0.281 e. The Morgan fingerprint density at radius 3 is 2.43 bits per heavy atom. The molecule has 0 N–H and O–H groups in total. The molecule has 0 aliphatic heterocycles. The number of alkyl halides is 1. The zero-order valence-corrected chi connectivity index (χ0v) is 6.86. The van der Waals surface area contributed by atoms with Gasteiger partial charge in [-0.05, 0) is 11.6 Å². The minimum atomic E-state index is -0.241. The van der Waals surface area contributed by atoms with Crippen LogP contribution in [-0.2, 0) is 4.79 Å². The molecule has 0 rings (SSSR count). The molecule has 0 bridgehead atoms. The number of halogens is 2. The highest BCUT2D eigenvalue weighted by molar-refractivity contribution is 14.1. The quantitative estimate of drug-likeness (QED) is 0.403. The molecule has 42 valence electrons. The van der Waals surface area contributed by atoms with Gasteiger partial charge in [-0.2, -0.15) is 0 Å². The summed E-state index contributed by atoms with van der Waals surface area (Å²) in [7, 11) is 0. The third kappa shape index (κ3) is 3.29. The van der Waals surface area contributed by atoms with Crippen LogP contribution in [0.15, 0.2) is 0 Å². The molecule has 1 atom stereocenters. The summed E-state index contributed by atoms with van der Waals surface area (Å²) in [6, 6.07) is 0. The summed E-state index contributed by atoms with van der Waals surface area (Å²) in [4.78, 5) is 10.1. The van der Waals surface area contributed by atoms with Gasteiger partial charge in [0.05, 0.1) is 0 Å². The van der Waals surface area contributed by atoms with Crippen molar-refractivity contribution < 1.29 is 4.79 Å². The topological polar surface area (TPSA) is 17.1 Å². The van der Waals surface area contributed by atoms with Crippen molar-refractivity contribution in [1.29, 1.82) is 0 Å². The smallest absolute Gasteiger partial charge is 0.225 e. The minimum absolute atomic E-state index is 0.0160. The fourth-order valence-electron chi connectivity index (χ4n) is 0.0607. The molecule has 0 saturated heterocycles. The van der Waals surface area contributed by atoms with E-state index in [0.29, 0.717) is 0 Å². The van der Waals surface area contributed by atoms with E-state index in [0.717, 1.165) is 4.43 Å². The molecular formula is C4H6ClIO. The molecule has 7 heavy (non-hydrogen) atoms. The van der Waals surface area contributed by atoms with Crippen LogP contribution in [0.2, 0.25) is 0 Å². The summed E-state index contributed by atoms with van der Waals surface area (Å²) in [5.41, 5.74) is 0. The van der Waals surface area contributed by atoms with Gasteiger partial charge < -0.3 is 0 Å². The average Bonchev–Trinajstić information content (AvgIpc) is 1.65. The first-order valence-electron chi connectivity index (χ1n) is 1.93. The normalized spacial score (nSPS) is 13.6. The third-order valence-corrected chi connectivity index (χ3v) is 2.31. The highest BCUT2D eigenvalue weighted by Gasteiger charge is 2.05. The fourth-order valence-corrected chi connectivity index (χ4v) is 0.798. The summed E-state index contributed by atoms with van der Waals surface area (Å²) >= 11 is 7.21. The van der Waals surface area contributed by atoms with Gasteiger partial charge >= 0.3 is 0 Å². The van der Waals surface area contributed by atoms with Gasteiger partial charge in [0.2, 0.25) is 5.24 Å². The zero-order valence-electron chi connectivity index (χ0n) is 3.95. The molecule has 0 heterocycles. The summed E-state index contributed by atoms with van der Waals surface area (Å²) in [6.07, 6.45) is 0. The molecule has 0 radical (unpaired) electrons. The first-order chi connectivity index (χ1) is 3.18. The molecule has 0 aliphatic carbocycles. The van der Waals surface area contributed by atoms with Crippen molar-refractivity contribution in [3.63, 3.8) is 0 Å². The van der Waals surface area contributed by atoms with Crippen LogP contribution in [0.5, 0.6) is 0 Å². The van der Waals surface area contributed by atoms with Gasteiger partial charge in [-0.3, -0.25) is 4.79 Å². The molecular weight excluding hydrogens is 226 g/mol. The molecule has 1 unspecified atom stereocenters. The summed E-state index contributed by atoms with van der Waals surface area (Å²) in [6.45, 7) is 1.81. The second-order valence-electron chi connectivity index (χ2n) is 1.36. The highest BCUT2D eigenvalue weighted by atomic mass is 127. The van der Waals surface area contributed by atoms with Crippen LogP contribution in [0, 0.1) is 5.92 Å². The standard InChI is InChI=1S/C4H6ClIO/c1-3(2-6)4(5)7/h3H,2H2,1H3. The van der Waals surface area contributed by atoms with Gasteiger partial charge in [0.15, 0.2) is 0 Å². The molecule has 3 heteroatoms. The highest BCUT2D eigenvalue weighted by Crippen LogP contribution is 2.03. The minimum Gasteiger partial charge on any atom is -0.281 e. The Bertz CT molecular complexity index is 74.1. The van der Waals surface area contributed by atoms with Crippen LogP contribution >= 0.6 is 34.2 Å². The van der Waals surface area contributed by atoms with E-state index in [1.54, 1.807) is 0 Å². The monoisotopic (exact) mass is 232 g/mol. The Hall–Kier alpha value is 0.690. The maximum Gasteiger partial charge on any atom is 0.225 e. The van der Waals surface area contributed by atoms with Crippen molar-refractivity contribution in [2.75, 3.05) is 4.43 Å². The van der Waals surface area contributed by atoms with Gasteiger partial charge in [-0.25, -0.2) is 0 Å². The van der Waals surface area contributed by atoms with E-state index in [4.69, 9.17) is 11.6 Å². The maximum atomic E-state index is 10.1. The number of carbonyl (C=O) groups is 1. The Balaban J connectivity index is 3.34. The number of hydrogen-bond acceptors (Lipinski definition) is 1. The van der Waals surface area contributed by atoms with Crippen molar-refractivity contribution in [3.05, 3.63) is 0 Å². The number of carbonyl (C=O) groups excluding carboxylic acids is 1. The van der Waals surface area contributed by atoms with Gasteiger partial charge in [-0.15, -0.1) is 0 Å². The van der Waals surface area contributed by atoms with Crippen LogP contribution in [0.3, 0.4) is 0 Å². The lowest BCUT2D eigenvalue weighted by Gasteiger charge is -1.94. The van der Waals surface area contributed by atoms with E-state index in [1.807, 2.05) is 6.92 Å². The fraction of sp³-hybridized carbons (Fsp3) is 0.750. The van der Waals surface area contributed by atoms with Gasteiger partial charge in [0.25, 0.3) is 0 Å². The molecule has 0 spiro atoms. The third-order valence-electron chi connectivity index (χ3n) is 0.619. The van der Waals surface area contributed by atoms with E-state index in [1.165, 1.54) is 0 Å². The molecule has 0 amide bonds. The van der Waals surface area contributed by atoms with Crippen molar-refractivity contribution in [2.24, 2.45) is 5.92 Å². The van der Waals surface area contributed by atoms with E-state index in [9.17, 15) is 4.79 Å². The lowest BCUT2D eigenvalue weighted by Crippen LogP contribution is -2.03. The van der Waals surface area contributed by atoms with Crippen LogP contribution in [0.1, 0.15) is 6.92 Å². The summed E-state index contributed by atoms with van der Waals surface area (Å²) in [5.74, 6) is 0.0160. The first kappa shape index (κ1) is 7.69. The predicted octanol–water partition coefficient (Wildman–Crippen LogP) is 1.82.